The fraction of sp³-hybridized carbons (Fsp3) is 0.174. The fourth-order valence-corrected chi connectivity index (χ4v) is 3.00. The minimum absolute atomic E-state index is 0.0457. The van der Waals surface area contributed by atoms with Crippen molar-refractivity contribution in [1.82, 2.24) is 5.32 Å². The highest BCUT2D eigenvalue weighted by Gasteiger charge is 2.10. The van der Waals surface area contributed by atoms with Crippen molar-refractivity contribution in [1.29, 1.82) is 0 Å². The molecule has 0 atom stereocenters. The molecule has 1 amide bonds. The molecule has 0 fully saturated rings. The second kappa shape index (κ2) is 9.13. The van der Waals surface area contributed by atoms with E-state index >= 15 is 0 Å². The van der Waals surface area contributed by atoms with Gasteiger partial charge in [0.2, 0.25) is 5.91 Å². The van der Waals surface area contributed by atoms with E-state index in [9.17, 15) is 13.6 Å². The largest absolute Gasteiger partial charge is 0.363 e. The molecule has 0 spiro atoms. The molecule has 1 N–H and O–H groups in total. The van der Waals surface area contributed by atoms with Gasteiger partial charge in [0.05, 0.1) is 6.42 Å². The van der Waals surface area contributed by atoms with Crippen LogP contribution < -0.4 is 10.2 Å². The second-order valence-electron chi connectivity index (χ2n) is 6.63. The van der Waals surface area contributed by atoms with Gasteiger partial charge >= 0.3 is 0 Å². The number of nitrogens with one attached hydrogen (secondary N) is 1. The first-order valence-electron chi connectivity index (χ1n) is 9.07. The molecule has 0 heterocycles. The van der Waals surface area contributed by atoms with Crippen LogP contribution in [0.25, 0.3) is 0 Å². The number of amides is 1. The standard InChI is InChI=1S/C23H22F2N2O/c1-26-23(28)14-17-7-11-22(12-8-17)27(15-18-5-9-20(24)10-6-18)16-19-3-2-4-21(25)13-19/h2-13H,14-16H2,1H3,(H,26,28). The van der Waals surface area contributed by atoms with Crippen molar-refractivity contribution in [3.8, 4) is 0 Å². The second-order valence-corrected chi connectivity index (χ2v) is 6.63. The number of benzene rings is 3. The van der Waals surface area contributed by atoms with E-state index in [0.29, 0.717) is 19.5 Å². The van der Waals surface area contributed by atoms with Gasteiger partial charge in [-0.05, 0) is 53.1 Å². The Bertz CT molecular complexity index is 924. The van der Waals surface area contributed by atoms with Crippen LogP contribution >= 0.6 is 0 Å². The van der Waals surface area contributed by atoms with Gasteiger partial charge in [-0.25, -0.2) is 8.78 Å². The Labute approximate surface area is 163 Å². The van der Waals surface area contributed by atoms with Crippen LogP contribution in [0.2, 0.25) is 0 Å². The quantitative estimate of drug-likeness (QED) is 0.656. The van der Waals surface area contributed by atoms with Gasteiger partial charge in [-0.3, -0.25) is 4.79 Å². The number of hydrogen-bond donors (Lipinski definition) is 1. The van der Waals surface area contributed by atoms with Gasteiger partial charge in [0.1, 0.15) is 11.6 Å². The van der Waals surface area contributed by atoms with Gasteiger partial charge < -0.3 is 10.2 Å². The molecule has 3 aromatic carbocycles. The molecule has 0 bridgehead atoms. The van der Waals surface area contributed by atoms with Gasteiger partial charge in [0.25, 0.3) is 0 Å². The number of likely N-dealkylation sites (N-methyl/N-ethyl adjacent to an activating group) is 1. The Morgan fingerprint density at radius 3 is 2.11 bits per heavy atom. The van der Waals surface area contributed by atoms with Gasteiger partial charge in [-0.2, -0.15) is 0 Å². The number of rotatable bonds is 7. The average Bonchev–Trinajstić information content (AvgIpc) is 2.70. The van der Waals surface area contributed by atoms with Crippen molar-refractivity contribution >= 4 is 11.6 Å². The summed E-state index contributed by atoms with van der Waals surface area (Å²) in [5.41, 5.74) is 3.65. The molecule has 144 valence electrons. The lowest BCUT2D eigenvalue weighted by Gasteiger charge is -2.25. The zero-order chi connectivity index (χ0) is 19.9. The number of halogens is 2. The minimum atomic E-state index is -0.279. The van der Waals surface area contributed by atoms with E-state index in [1.54, 1.807) is 25.2 Å². The van der Waals surface area contributed by atoms with E-state index in [-0.39, 0.29) is 17.5 Å². The van der Waals surface area contributed by atoms with Crippen molar-refractivity contribution in [3.05, 3.63) is 101 Å². The van der Waals surface area contributed by atoms with Gasteiger partial charge in [-0.15, -0.1) is 0 Å². The summed E-state index contributed by atoms with van der Waals surface area (Å²) in [6, 6.07) is 20.6. The number of carbonyl (C=O) groups excluding carboxylic acids is 1. The van der Waals surface area contributed by atoms with Crippen molar-refractivity contribution in [2.75, 3.05) is 11.9 Å². The number of carbonyl (C=O) groups is 1. The predicted molar refractivity (Wildman–Crippen MR) is 107 cm³/mol. The Balaban J connectivity index is 1.84. The highest BCUT2D eigenvalue weighted by atomic mass is 19.1. The molecule has 0 saturated heterocycles. The van der Waals surface area contributed by atoms with Crippen LogP contribution in [0.5, 0.6) is 0 Å². The molecule has 28 heavy (non-hydrogen) atoms. The van der Waals surface area contributed by atoms with Crippen molar-refractivity contribution < 1.29 is 13.6 Å². The van der Waals surface area contributed by atoms with E-state index in [1.165, 1.54) is 24.3 Å². The zero-order valence-electron chi connectivity index (χ0n) is 15.7. The maximum absolute atomic E-state index is 13.6. The molecule has 3 aromatic rings. The van der Waals surface area contributed by atoms with E-state index in [2.05, 4.69) is 10.2 Å². The number of hydrogen-bond acceptors (Lipinski definition) is 2. The van der Waals surface area contributed by atoms with Gasteiger partial charge in [0, 0.05) is 25.8 Å². The molecule has 0 aliphatic heterocycles. The van der Waals surface area contributed by atoms with Crippen LogP contribution in [0, 0.1) is 11.6 Å². The molecule has 0 aromatic heterocycles. The Hall–Kier alpha value is -3.21. The summed E-state index contributed by atoms with van der Waals surface area (Å²) in [7, 11) is 1.61. The van der Waals surface area contributed by atoms with E-state index in [4.69, 9.17) is 0 Å². The van der Waals surface area contributed by atoms with Crippen molar-refractivity contribution in [2.45, 2.75) is 19.5 Å². The fourth-order valence-electron chi connectivity index (χ4n) is 3.00. The molecule has 3 rings (SSSR count). The van der Waals surface area contributed by atoms with Gasteiger partial charge in [0.15, 0.2) is 0 Å². The number of nitrogens with zero attached hydrogens (tertiary/aromatic N) is 1. The Morgan fingerprint density at radius 2 is 1.46 bits per heavy atom. The topological polar surface area (TPSA) is 32.3 Å². The molecule has 0 radical (unpaired) electrons. The summed E-state index contributed by atoms with van der Waals surface area (Å²) < 4.78 is 26.8. The van der Waals surface area contributed by atoms with E-state index in [0.717, 1.165) is 22.4 Å². The molecular formula is C23H22F2N2O. The Morgan fingerprint density at radius 1 is 0.821 bits per heavy atom. The first kappa shape index (κ1) is 19.5. The lowest BCUT2D eigenvalue weighted by molar-refractivity contribution is -0.119. The SMILES string of the molecule is CNC(=O)Cc1ccc(N(Cc2ccc(F)cc2)Cc2cccc(F)c2)cc1. The maximum atomic E-state index is 13.6. The third-order valence-corrected chi connectivity index (χ3v) is 4.49. The lowest BCUT2D eigenvalue weighted by Crippen LogP contribution is -2.22. The minimum Gasteiger partial charge on any atom is -0.363 e. The zero-order valence-corrected chi connectivity index (χ0v) is 15.7. The van der Waals surface area contributed by atoms with E-state index in [1.807, 2.05) is 30.3 Å². The molecule has 0 saturated carbocycles. The van der Waals surface area contributed by atoms with Crippen LogP contribution in [0.1, 0.15) is 16.7 Å². The van der Waals surface area contributed by atoms with Gasteiger partial charge in [-0.1, -0.05) is 36.4 Å². The molecule has 5 heteroatoms. The van der Waals surface area contributed by atoms with E-state index < -0.39 is 0 Å². The maximum Gasteiger partial charge on any atom is 0.224 e. The van der Waals surface area contributed by atoms with Crippen LogP contribution in [0.3, 0.4) is 0 Å². The molecule has 3 nitrogen and oxygen atoms in total. The Kier molecular flexibility index (Phi) is 6.37. The number of anilines is 1. The summed E-state index contributed by atoms with van der Waals surface area (Å²) in [6.45, 7) is 1.05. The van der Waals surface area contributed by atoms with Crippen LogP contribution in [-0.2, 0) is 24.3 Å². The van der Waals surface area contributed by atoms with Crippen LogP contribution in [0.4, 0.5) is 14.5 Å². The van der Waals surface area contributed by atoms with Crippen LogP contribution in [0.15, 0.2) is 72.8 Å². The molecular weight excluding hydrogens is 358 g/mol. The molecule has 0 aliphatic rings. The van der Waals surface area contributed by atoms with Crippen LogP contribution in [-0.4, -0.2) is 13.0 Å². The normalized spacial score (nSPS) is 10.5. The summed E-state index contributed by atoms with van der Waals surface area (Å²) in [5.74, 6) is -0.602. The summed E-state index contributed by atoms with van der Waals surface area (Å²) in [6.07, 6.45) is 0.318. The molecule has 0 aliphatic carbocycles. The first-order chi connectivity index (χ1) is 13.5. The average molecular weight is 380 g/mol. The van der Waals surface area contributed by atoms with Crippen molar-refractivity contribution in [3.63, 3.8) is 0 Å². The summed E-state index contributed by atoms with van der Waals surface area (Å²) >= 11 is 0. The first-order valence-corrected chi connectivity index (χ1v) is 9.07. The third-order valence-electron chi connectivity index (χ3n) is 4.49. The molecule has 0 unspecified atom stereocenters. The smallest absolute Gasteiger partial charge is 0.224 e. The summed E-state index contributed by atoms with van der Waals surface area (Å²) in [5, 5.41) is 2.61. The predicted octanol–water partition coefficient (Wildman–Crippen LogP) is 4.46. The lowest BCUT2D eigenvalue weighted by atomic mass is 10.1. The van der Waals surface area contributed by atoms with Crippen molar-refractivity contribution in [2.24, 2.45) is 0 Å². The third kappa shape index (κ3) is 5.39. The highest BCUT2D eigenvalue weighted by molar-refractivity contribution is 5.78. The summed E-state index contributed by atoms with van der Waals surface area (Å²) in [4.78, 5) is 13.6. The highest BCUT2D eigenvalue weighted by Crippen LogP contribution is 2.22. The monoisotopic (exact) mass is 380 g/mol.